The van der Waals surface area contributed by atoms with Crippen molar-refractivity contribution in [3.05, 3.63) is 0 Å². The highest BCUT2D eigenvalue weighted by molar-refractivity contribution is 5.89. The minimum Gasteiger partial charge on any atom is -0.351 e. The van der Waals surface area contributed by atoms with E-state index in [2.05, 4.69) is 5.32 Å². The molecule has 1 aliphatic rings. The third-order valence-corrected chi connectivity index (χ3v) is 3.29. The summed E-state index contributed by atoms with van der Waals surface area (Å²) >= 11 is 0. The third kappa shape index (κ3) is 5.02. The Morgan fingerprint density at radius 2 is 2.00 bits per heavy atom. The van der Waals surface area contributed by atoms with Gasteiger partial charge in [0.2, 0.25) is 11.8 Å². The normalized spacial score (nSPS) is 20.4. The van der Waals surface area contributed by atoms with Crippen LogP contribution in [0.1, 0.15) is 40.0 Å². The van der Waals surface area contributed by atoms with Gasteiger partial charge in [-0.2, -0.15) is 13.2 Å². The summed E-state index contributed by atoms with van der Waals surface area (Å²) in [4.78, 5) is 24.2. The Balaban J connectivity index is 2.58. The van der Waals surface area contributed by atoms with Crippen molar-refractivity contribution in [3.8, 4) is 0 Å². The Morgan fingerprint density at radius 3 is 2.50 bits per heavy atom. The predicted molar refractivity (Wildman–Crippen MR) is 67.9 cm³/mol. The van der Waals surface area contributed by atoms with Crippen LogP contribution in [0.3, 0.4) is 0 Å². The van der Waals surface area contributed by atoms with Crippen LogP contribution in [0, 0.1) is 5.92 Å². The molecule has 1 rings (SSSR count). The van der Waals surface area contributed by atoms with Gasteiger partial charge in [0, 0.05) is 18.5 Å². The second-order valence-electron chi connectivity index (χ2n) is 5.91. The molecule has 0 bridgehead atoms. The lowest BCUT2D eigenvalue weighted by atomic mass is 9.97. The van der Waals surface area contributed by atoms with Crippen LogP contribution >= 0.6 is 0 Å². The first-order valence-corrected chi connectivity index (χ1v) is 6.70. The molecule has 20 heavy (non-hydrogen) atoms. The molecular weight excluding hydrogens is 273 g/mol. The molecule has 1 N–H and O–H groups in total. The van der Waals surface area contributed by atoms with Crippen molar-refractivity contribution in [2.45, 2.75) is 51.7 Å². The van der Waals surface area contributed by atoms with Crippen molar-refractivity contribution >= 4 is 11.8 Å². The zero-order valence-electron chi connectivity index (χ0n) is 12.0. The molecular formula is C13H21F3N2O2. The summed E-state index contributed by atoms with van der Waals surface area (Å²) in [6.45, 7) is 4.26. The molecule has 0 aromatic heterocycles. The van der Waals surface area contributed by atoms with Crippen molar-refractivity contribution in [3.63, 3.8) is 0 Å². The van der Waals surface area contributed by atoms with Crippen LogP contribution < -0.4 is 5.32 Å². The summed E-state index contributed by atoms with van der Waals surface area (Å²) in [5.74, 6) is -1.65. The van der Waals surface area contributed by atoms with E-state index >= 15 is 0 Å². The molecule has 1 atom stereocenters. The van der Waals surface area contributed by atoms with E-state index in [-0.39, 0.29) is 18.9 Å². The summed E-state index contributed by atoms with van der Waals surface area (Å²) < 4.78 is 36.9. The lowest BCUT2D eigenvalue weighted by molar-refractivity contribution is -0.157. The number of hydrogen-bond donors (Lipinski definition) is 1. The van der Waals surface area contributed by atoms with E-state index in [1.807, 2.05) is 20.8 Å². The summed E-state index contributed by atoms with van der Waals surface area (Å²) in [5.41, 5.74) is -0.410. The van der Waals surface area contributed by atoms with E-state index in [4.69, 9.17) is 0 Å². The molecule has 0 aromatic carbocycles. The number of nitrogens with one attached hydrogen (secondary N) is 1. The Hall–Kier alpha value is -1.27. The van der Waals surface area contributed by atoms with E-state index in [1.54, 1.807) is 0 Å². The van der Waals surface area contributed by atoms with Crippen LogP contribution in [0.4, 0.5) is 13.2 Å². The summed E-state index contributed by atoms with van der Waals surface area (Å²) in [7, 11) is 0. The molecule has 0 radical (unpaired) electrons. The molecule has 0 aliphatic carbocycles. The van der Waals surface area contributed by atoms with Gasteiger partial charge in [-0.15, -0.1) is 0 Å². The number of halogens is 3. The summed E-state index contributed by atoms with van der Waals surface area (Å²) in [6, 6.07) is 0. The van der Waals surface area contributed by atoms with E-state index in [0.29, 0.717) is 4.90 Å². The molecule has 1 fully saturated rings. The maximum Gasteiger partial charge on any atom is 0.406 e. The van der Waals surface area contributed by atoms with Crippen molar-refractivity contribution in [2.24, 2.45) is 5.92 Å². The van der Waals surface area contributed by atoms with E-state index in [9.17, 15) is 22.8 Å². The van der Waals surface area contributed by atoms with E-state index in [1.165, 1.54) is 0 Å². The van der Waals surface area contributed by atoms with Gasteiger partial charge in [0.1, 0.15) is 6.54 Å². The summed E-state index contributed by atoms with van der Waals surface area (Å²) in [5, 5.41) is 2.80. The first-order chi connectivity index (χ1) is 9.04. The first-order valence-electron chi connectivity index (χ1n) is 6.70. The van der Waals surface area contributed by atoms with Crippen molar-refractivity contribution in [1.29, 1.82) is 0 Å². The number of alkyl halides is 3. The van der Waals surface area contributed by atoms with Gasteiger partial charge in [0.15, 0.2) is 0 Å². The molecule has 0 unspecified atom stereocenters. The third-order valence-electron chi connectivity index (χ3n) is 3.29. The highest BCUT2D eigenvalue weighted by Gasteiger charge is 2.41. The molecule has 0 aromatic rings. The van der Waals surface area contributed by atoms with Gasteiger partial charge in [-0.05, 0) is 20.3 Å². The number of carbonyl (C=O) groups excluding carboxylic acids is 2. The smallest absolute Gasteiger partial charge is 0.351 e. The maximum atomic E-state index is 12.3. The quantitative estimate of drug-likeness (QED) is 0.844. The molecule has 116 valence electrons. The van der Waals surface area contributed by atoms with E-state index in [0.717, 1.165) is 12.8 Å². The fourth-order valence-corrected chi connectivity index (χ4v) is 2.44. The lowest BCUT2D eigenvalue weighted by Gasteiger charge is -2.27. The van der Waals surface area contributed by atoms with E-state index < -0.39 is 30.1 Å². The highest BCUT2D eigenvalue weighted by Crippen LogP contribution is 2.24. The molecule has 2 amide bonds. The largest absolute Gasteiger partial charge is 0.406 e. The molecule has 1 aliphatic heterocycles. The van der Waals surface area contributed by atoms with Gasteiger partial charge in [-0.25, -0.2) is 0 Å². The van der Waals surface area contributed by atoms with Gasteiger partial charge in [-0.3, -0.25) is 9.59 Å². The predicted octanol–water partition coefficient (Wildman–Crippen LogP) is 2.09. The van der Waals surface area contributed by atoms with Gasteiger partial charge in [-0.1, -0.05) is 13.3 Å². The maximum absolute atomic E-state index is 12.3. The molecule has 1 saturated heterocycles. The Kier molecular flexibility index (Phi) is 5.05. The van der Waals surface area contributed by atoms with Crippen LogP contribution in [-0.4, -0.2) is 41.5 Å². The zero-order valence-corrected chi connectivity index (χ0v) is 12.0. The molecule has 7 heteroatoms. The average molecular weight is 294 g/mol. The Labute approximate surface area is 116 Å². The molecule has 0 saturated carbocycles. The molecule has 4 nitrogen and oxygen atoms in total. The Morgan fingerprint density at radius 1 is 1.40 bits per heavy atom. The van der Waals surface area contributed by atoms with Gasteiger partial charge in [0.05, 0.1) is 5.92 Å². The highest BCUT2D eigenvalue weighted by atomic mass is 19.4. The average Bonchev–Trinajstić information content (AvgIpc) is 2.57. The van der Waals surface area contributed by atoms with Crippen molar-refractivity contribution in [1.82, 2.24) is 10.2 Å². The number of rotatable bonds is 5. The number of nitrogens with zero attached hydrogens (tertiary/aromatic N) is 1. The van der Waals surface area contributed by atoms with Crippen LogP contribution in [0.25, 0.3) is 0 Å². The fraction of sp³-hybridized carbons (Fsp3) is 0.846. The van der Waals surface area contributed by atoms with Crippen LogP contribution in [0.15, 0.2) is 0 Å². The van der Waals surface area contributed by atoms with Gasteiger partial charge < -0.3 is 10.2 Å². The SMILES string of the molecule is CCCC(C)(C)NC(=O)[C@@H]1CC(=O)N(CC(F)(F)F)C1. The zero-order chi connectivity index (χ0) is 15.6. The van der Waals surface area contributed by atoms with Crippen molar-refractivity contribution < 1.29 is 22.8 Å². The lowest BCUT2D eigenvalue weighted by Crippen LogP contribution is -2.46. The minimum absolute atomic E-state index is 0.149. The number of carbonyl (C=O) groups is 2. The summed E-state index contributed by atoms with van der Waals surface area (Å²) in [6.07, 6.45) is -2.92. The number of hydrogen-bond acceptors (Lipinski definition) is 2. The van der Waals surface area contributed by atoms with Crippen LogP contribution in [0.2, 0.25) is 0 Å². The standard InChI is InChI=1S/C13H21F3N2O2/c1-4-5-12(2,3)17-11(20)9-6-10(19)18(7-9)8-13(14,15)16/h9H,4-8H2,1-3H3,(H,17,20)/t9-/m1/s1. The second kappa shape index (κ2) is 6.01. The monoisotopic (exact) mass is 294 g/mol. The Bertz CT molecular complexity index is 380. The minimum atomic E-state index is -4.43. The second-order valence-corrected chi connectivity index (χ2v) is 5.91. The van der Waals surface area contributed by atoms with Crippen LogP contribution in [0.5, 0.6) is 0 Å². The van der Waals surface area contributed by atoms with Gasteiger partial charge >= 0.3 is 6.18 Å². The van der Waals surface area contributed by atoms with Crippen molar-refractivity contribution in [2.75, 3.05) is 13.1 Å². The molecule has 1 heterocycles. The van der Waals surface area contributed by atoms with Gasteiger partial charge in [0.25, 0.3) is 0 Å². The first kappa shape index (κ1) is 16.8. The van der Waals surface area contributed by atoms with Crippen LogP contribution in [-0.2, 0) is 9.59 Å². The fourth-order valence-electron chi connectivity index (χ4n) is 2.44. The molecule has 0 spiro atoms. The number of amides is 2. The topological polar surface area (TPSA) is 49.4 Å². The number of likely N-dealkylation sites (tertiary alicyclic amines) is 1.